The lowest BCUT2D eigenvalue weighted by Crippen LogP contribution is -2.38. The van der Waals surface area contributed by atoms with E-state index in [0.29, 0.717) is 0 Å². The fourth-order valence-corrected chi connectivity index (χ4v) is 2.17. The highest BCUT2D eigenvalue weighted by Gasteiger charge is 2.42. The monoisotopic (exact) mass is 344 g/mol. The molecule has 0 bridgehead atoms. The van der Waals surface area contributed by atoms with Gasteiger partial charge in [0, 0.05) is 12.0 Å². The minimum absolute atomic E-state index is 0.00115. The fraction of sp³-hybridized carbons (Fsp3) is 0.350. The topological polar surface area (TPSA) is 69.7 Å². The predicted molar refractivity (Wildman–Crippen MR) is 95.6 cm³/mol. The standard InChI is InChI=1S/C20H24O5/c1-5-12-25-19(23)20(4,15(3)21)14-17(18(22)24-6-2)13-16-10-8-7-9-11-16/h5,7-11,13H,1,6,12,14H2,2-4H3/b17-13+. The van der Waals surface area contributed by atoms with Crippen LogP contribution in [0.25, 0.3) is 6.08 Å². The predicted octanol–water partition coefficient (Wildman–Crippen LogP) is 3.35. The van der Waals surface area contributed by atoms with Gasteiger partial charge in [0.2, 0.25) is 0 Å². The highest BCUT2D eigenvalue weighted by atomic mass is 16.5. The van der Waals surface area contributed by atoms with Crippen LogP contribution in [0.5, 0.6) is 0 Å². The van der Waals surface area contributed by atoms with Crippen LogP contribution in [0, 0.1) is 5.41 Å². The molecule has 25 heavy (non-hydrogen) atoms. The zero-order valence-electron chi connectivity index (χ0n) is 14.9. The summed E-state index contributed by atoms with van der Waals surface area (Å²) in [5.74, 6) is -1.64. The van der Waals surface area contributed by atoms with Crippen molar-refractivity contribution in [2.45, 2.75) is 27.2 Å². The lowest BCUT2D eigenvalue weighted by molar-refractivity contribution is -0.157. The maximum atomic E-state index is 12.4. The van der Waals surface area contributed by atoms with Gasteiger partial charge >= 0.3 is 11.9 Å². The minimum atomic E-state index is -1.48. The van der Waals surface area contributed by atoms with Crippen molar-refractivity contribution >= 4 is 23.8 Å². The Morgan fingerprint density at radius 3 is 2.32 bits per heavy atom. The molecule has 0 saturated heterocycles. The SMILES string of the molecule is C=CCOC(=O)C(C)(C/C(=C\c1ccccc1)C(=O)OCC)C(C)=O. The van der Waals surface area contributed by atoms with Crippen LogP contribution >= 0.6 is 0 Å². The first-order valence-corrected chi connectivity index (χ1v) is 8.07. The van der Waals surface area contributed by atoms with E-state index in [1.54, 1.807) is 13.0 Å². The molecule has 0 aliphatic carbocycles. The second-order valence-corrected chi connectivity index (χ2v) is 5.75. The molecule has 134 valence electrons. The zero-order valence-corrected chi connectivity index (χ0v) is 14.9. The molecule has 1 atom stereocenters. The van der Waals surface area contributed by atoms with Gasteiger partial charge < -0.3 is 9.47 Å². The van der Waals surface area contributed by atoms with Crippen LogP contribution in [0.3, 0.4) is 0 Å². The molecule has 5 nitrogen and oxygen atoms in total. The molecule has 1 rings (SSSR count). The Morgan fingerprint density at radius 1 is 1.16 bits per heavy atom. The van der Waals surface area contributed by atoms with Gasteiger partial charge in [0.15, 0.2) is 0 Å². The number of carbonyl (C=O) groups excluding carboxylic acids is 3. The average Bonchev–Trinajstić information content (AvgIpc) is 2.59. The fourth-order valence-electron chi connectivity index (χ4n) is 2.17. The first-order chi connectivity index (χ1) is 11.8. The van der Waals surface area contributed by atoms with Gasteiger partial charge in [0.25, 0.3) is 0 Å². The third kappa shape index (κ3) is 5.71. The molecule has 0 heterocycles. The highest BCUT2D eigenvalue weighted by Crippen LogP contribution is 2.30. The van der Waals surface area contributed by atoms with E-state index < -0.39 is 17.4 Å². The van der Waals surface area contributed by atoms with E-state index in [0.717, 1.165) is 5.56 Å². The molecule has 0 aromatic heterocycles. The van der Waals surface area contributed by atoms with Crippen LogP contribution in [0.1, 0.15) is 32.8 Å². The van der Waals surface area contributed by atoms with Crippen molar-refractivity contribution in [1.29, 1.82) is 0 Å². The van der Waals surface area contributed by atoms with E-state index in [1.165, 1.54) is 19.9 Å². The van der Waals surface area contributed by atoms with Gasteiger partial charge in [-0.25, -0.2) is 4.79 Å². The maximum Gasteiger partial charge on any atom is 0.334 e. The summed E-state index contributed by atoms with van der Waals surface area (Å²) in [6.45, 7) is 8.15. The van der Waals surface area contributed by atoms with Crippen molar-refractivity contribution < 1.29 is 23.9 Å². The second-order valence-electron chi connectivity index (χ2n) is 5.75. The Bertz CT molecular complexity index is 660. The third-order valence-electron chi connectivity index (χ3n) is 3.78. The van der Waals surface area contributed by atoms with E-state index in [2.05, 4.69) is 6.58 Å². The summed E-state index contributed by atoms with van der Waals surface area (Å²) in [6.07, 6.45) is 2.94. The summed E-state index contributed by atoms with van der Waals surface area (Å²) in [7, 11) is 0. The Balaban J connectivity index is 3.22. The minimum Gasteiger partial charge on any atom is -0.463 e. The van der Waals surface area contributed by atoms with Gasteiger partial charge in [-0.3, -0.25) is 9.59 Å². The summed E-state index contributed by atoms with van der Waals surface area (Å²) < 4.78 is 10.1. The van der Waals surface area contributed by atoms with Crippen LogP contribution < -0.4 is 0 Å². The largest absolute Gasteiger partial charge is 0.463 e. The van der Waals surface area contributed by atoms with Crippen LogP contribution in [0.4, 0.5) is 0 Å². The van der Waals surface area contributed by atoms with Gasteiger partial charge in [-0.1, -0.05) is 43.0 Å². The highest BCUT2D eigenvalue weighted by molar-refractivity contribution is 6.05. The lowest BCUT2D eigenvalue weighted by atomic mass is 9.79. The van der Waals surface area contributed by atoms with E-state index in [1.807, 2.05) is 30.3 Å². The smallest absolute Gasteiger partial charge is 0.334 e. The van der Waals surface area contributed by atoms with Gasteiger partial charge in [-0.05, 0) is 32.4 Å². The number of carbonyl (C=O) groups is 3. The van der Waals surface area contributed by atoms with Crippen LogP contribution in [-0.4, -0.2) is 30.9 Å². The van der Waals surface area contributed by atoms with Crippen molar-refractivity contribution in [3.8, 4) is 0 Å². The van der Waals surface area contributed by atoms with Crippen molar-refractivity contribution in [2.24, 2.45) is 5.41 Å². The summed E-state index contributed by atoms with van der Waals surface area (Å²) in [5.41, 5.74) is -0.464. The van der Waals surface area contributed by atoms with Gasteiger partial charge in [0.1, 0.15) is 17.8 Å². The maximum absolute atomic E-state index is 12.4. The van der Waals surface area contributed by atoms with Crippen molar-refractivity contribution in [2.75, 3.05) is 13.2 Å². The van der Waals surface area contributed by atoms with Crippen molar-refractivity contribution in [1.82, 2.24) is 0 Å². The molecule has 0 fully saturated rings. The Hall–Kier alpha value is -2.69. The molecule has 0 spiro atoms. The van der Waals surface area contributed by atoms with Crippen LogP contribution in [0.2, 0.25) is 0 Å². The number of benzene rings is 1. The third-order valence-corrected chi connectivity index (χ3v) is 3.78. The number of ketones is 1. The summed E-state index contributed by atoms with van der Waals surface area (Å²) in [4.78, 5) is 36.8. The number of ether oxygens (including phenoxy) is 2. The van der Waals surface area contributed by atoms with Crippen molar-refractivity contribution in [3.63, 3.8) is 0 Å². The summed E-state index contributed by atoms with van der Waals surface area (Å²) >= 11 is 0. The molecule has 0 saturated carbocycles. The number of esters is 2. The van der Waals surface area contributed by atoms with Gasteiger partial charge in [0.05, 0.1) is 6.61 Å². The quantitative estimate of drug-likeness (QED) is 0.297. The molecular weight excluding hydrogens is 320 g/mol. The van der Waals surface area contributed by atoms with Gasteiger partial charge in [-0.2, -0.15) is 0 Å². The molecule has 0 amide bonds. The molecule has 0 aliphatic rings. The Kier molecular flexibility index (Phi) is 7.79. The molecule has 1 unspecified atom stereocenters. The summed E-state index contributed by atoms with van der Waals surface area (Å²) in [6, 6.07) is 9.16. The van der Waals surface area contributed by atoms with Gasteiger partial charge in [-0.15, -0.1) is 0 Å². The zero-order chi connectivity index (χ0) is 18.9. The average molecular weight is 344 g/mol. The number of hydrogen-bond acceptors (Lipinski definition) is 5. The molecule has 0 N–H and O–H groups in total. The molecule has 1 aromatic rings. The number of hydrogen-bond donors (Lipinski definition) is 0. The van der Waals surface area contributed by atoms with E-state index >= 15 is 0 Å². The number of rotatable bonds is 9. The second kappa shape index (κ2) is 9.57. The molecule has 0 aliphatic heterocycles. The van der Waals surface area contributed by atoms with E-state index in [4.69, 9.17) is 9.47 Å². The summed E-state index contributed by atoms with van der Waals surface area (Å²) in [5, 5.41) is 0. The van der Waals surface area contributed by atoms with Crippen LogP contribution in [-0.2, 0) is 23.9 Å². The number of Topliss-reactive ketones (excluding diaryl/α,β-unsaturated/α-hetero) is 1. The lowest BCUT2D eigenvalue weighted by Gasteiger charge is -2.25. The molecule has 0 radical (unpaired) electrons. The van der Waals surface area contributed by atoms with Crippen LogP contribution in [0.15, 0.2) is 48.6 Å². The van der Waals surface area contributed by atoms with Crippen molar-refractivity contribution in [3.05, 3.63) is 54.1 Å². The first kappa shape index (κ1) is 20.4. The molecule has 5 heteroatoms. The molecule has 1 aromatic carbocycles. The van der Waals surface area contributed by atoms with E-state index in [-0.39, 0.29) is 31.0 Å². The van der Waals surface area contributed by atoms with E-state index in [9.17, 15) is 14.4 Å². The molecular formula is C20H24O5. The normalized spacial score (nSPS) is 13.5. The Morgan fingerprint density at radius 2 is 1.80 bits per heavy atom. The first-order valence-electron chi connectivity index (χ1n) is 8.07. The Labute approximate surface area is 148 Å².